The second-order valence-electron chi connectivity index (χ2n) is 6.05. The van der Waals surface area contributed by atoms with Gasteiger partial charge in [-0.2, -0.15) is 0 Å². The molecule has 0 saturated carbocycles. The molecule has 6 nitrogen and oxygen atoms in total. The van der Waals surface area contributed by atoms with E-state index >= 15 is 0 Å². The van der Waals surface area contributed by atoms with Gasteiger partial charge >= 0.3 is 0 Å². The van der Waals surface area contributed by atoms with Crippen molar-refractivity contribution in [1.29, 1.82) is 0 Å². The summed E-state index contributed by atoms with van der Waals surface area (Å²) in [6.45, 7) is 0.599. The number of hydrogen-bond acceptors (Lipinski definition) is 5. The van der Waals surface area contributed by atoms with Gasteiger partial charge in [-0.1, -0.05) is 30.3 Å². The molecule has 0 unspecified atom stereocenters. The highest BCUT2D eigenvalue weighted by molar-refractivity contribution is 5.53. The monoisotopic (exact) mass is 322 g/mol. The van der Waals surface area contributed by atoms with Gasteiger partial charge in [-0.05, 0) is 12.1 Å². The van der Waals surface area contributed by atoms with E-state index in [9.17, 15) is 0 Å². The van der Waals surface area contributed by atoms with Crippen LogP contribution >= 0.6 is 0 Å². The number of nitrogens with zero attached hydrogens (tertiary/aromatic N) is 5. The minimum Gasteiger partial charge on any atom is -0.497 e. The smallest absolute Gasteiger partial charge is 0.227 e. The van der Waals surface area contributed by atoms with Crippen molar-refractivity contribution in [1.82, 2.24) is 24.9 Å². The summed E-state index contributed by atoms with van der Waals surface area (Å²) >= 11 is 0. The molecule has 6 heteroatoms. The van der Waals surface area contributed by atoms with Gasteiger partial charge < -0.3 is 4.74 Å². The zero-order valence-electron chi connectivity index (χ0n) is 14.0. The summed E-state index contributed by atoms with van der Waals surface area (Å²) in [6, 6.07) is 17.7. The lowest BCUT2D eigenvalue weighted by molar-refractivity contribution is 0.374. The lowest BCUT2D eigenvalue weighted by Crippen LogP contribution is -2.40. The Hall–Kier alpha value is -2.86. The maximum absolute atomic E-state index is 5.20. The molecular weight excluding hydrogens is 302 g/mol. The van der Waals surface area contributed by atoms with E-state index < -0.39 is 0 Å². The molecule has 0 amide bonds. The van der Waals surface area contributed by atoms with Crippen LogP contribution in [0.3, 0.4) is 0 Å². The molecule has 0 N–H and O–H groups in total. The predicted octanol–water partition coefficient (Wildman–Crippen LogP) is 2.71. The van der Waals surface area contributed by atoms with Crippen molar-refractivity contribution in [2.45, 2.75) is 6.54 Å². The van der Waals surface area contributed by atoms with E-state index in [1.54, 1.807) is 7.11 Å². The standard InChI is InChI=1S/C18H20N5O/c1-23(2,15-9-11-16(24-3)12-10-15)13-17-19-21-18(22-20-17)14-7-5-4-6-8-14/h4-12H,13H2,1-3H3/q+1. The Kier molecular flexibility index (Phi) is 4.48. The number of benzene rings is 2. The third-order valence-electron chi connectivity index (χ3n) is 3.86. The zero-order chi connectivity index (χ0) is 17.0. The van der Waals surface area contributed by atoms with Crippen molar-refractivity contribution in [2.75, 3.05) is 21.2 Å². The van der Waals surface area contributed by atoms with Gasteiger partial charge in [0.15, 0.2) is 0 Å². The Bertz CT molecular complexity index is 786. The molecule has 122 valence electrons. The Morgan fingerprint density at radius 2 is 1.46 bits per heavy atom. The maximum atomic E-state index is 5.20. The number of quaternary nitrogens is 1. The van der Waals surface area contributed by atoms with Gasteiger partial charge in [-0.3, -0.25) is 4.48 Å². The lowest BCUT2D eigenvalue weighted by Gasteiger charge is -2.28. The van der Waals surface area contributed by atoms with Crippen LogP contribution in [0.2, 0.25) is 0 Å². The fraction of sp³-hybridized carbons (Fsp3) is 0.222. The van der Waals surface area contributed by atoms with Crippen molar-refractivity contribution in [3.8, 4) is 17.1 Å². The Morgan fingerprint density at radius 3 is 2.04 bits per heavy atom. The number of methoxy groups -OCH3 is 1. The molecule has 1 heterocycles. The average Bonchev–Trinajstić information content (AvgIpc) is 2.63. The molecular formula is C18H20N5O+. The van der Waals surface area contributed by atoms with Gasteiger partial charge in [0.2, 0.25) is 11.6 Å². The van der Waals surface area contributed by atoms with Crippen LogP contribution in [0.15, 0.2) is 54.6 Å². The molecule has 1 aromatic heterocycles. The van der Waals surface area contributed by atoms with Crippen LogP contribution in [0.4, 0.5) is 5.69 Å². The van der Waals surface area contributed by atoms with Crippen LogP contribution in [-0.4, -0.2) is 41.6 Å². The molecule has 3 aromatic rings. The summed E-state index contributed by atoms with van der Waals surface area (Å²) in [5.41, 5.74) is 2.04. The fourth-order valence-electron chi connectivity index (χ4n) is 2.45. The van der Waals surface area contributed by atoms with E-state index in [0.29, 0.717) is 22.7 Å². The van der Waals surface area contributed by atoms with Gasteiger partial charge in [0.05, 0.1) is 21.2 Å². The van der Waals surface area contributed by atoms with Gasteiger partial charge in [0.1, 0.15) is 18.0 Å². The van der Waals surface area contributed by atoms with Gasteiger partial charge in [-0.15, -0.1) is 20.4 Å². The van der Waals surface area contributed by atoms with Gasteiger partial charge in [0, 0.05) is 17.7 Å². The molecule has 0 aliphatic heterocycles. The molecule has 2 aromatic carbocycles. The molecule has 0 spiro atoms. The Morgan fingerprint density at radius 1 is 0.833 bits per heavy atom. The summed E-state index contributed by atoms with van der Waals surface area (Å²) in [6.07, 6.45) is 0. The minimum atomic E-state index is 0.536. The van der Waals surface area contributed by atoms with Crippen LogP contribution in [0.1, 0.15) is 5.82 Å². The molecule has 3 rings (SSSR count). The first-order valence-electron chi connectivity index (χ1n) is 7.68. The molecule has 0 aliphatic carbocycles. The third kappa shape index (κ3) is 3.55. The van der Waals surface area contributed by atoms with E-state index in [1.165, 1.54) is 0 Å². The molecule has 0 saturated heterocycles. The number of ether oxygens (including phenoxy) is 1. The maximum Gasteiger partial charge on any atom is 0.227 e. The summed E-state index contributed by atoms with van der Waals surface area (Å²) < 4.78 is 5.80. The van der Waals surface area contributed by atoms with Crippen molar-refractivity contribution >= 4 is 5.69 Å². The molecule has 0 radical (unpaired) electrons. The van der Waals surface area contributed by atoms with Gasteiger partial charge in [-0.25, -0.2) is 0 Å². The normalized spacial score (nSPS) is 11.3. The highest BCUT2D eigenvalue weighted by Crippen LogP contribution is 2.24. The van der Waals surface area contributed by atoms with Crippen LogP contribution in [0.5, 0.6) is 5.75 Å². The van der Waals surface area contributed by atoms with Crippen LogP contribution in [0.25, 0.3) is 11.4 Å². The number of aromatic nitrogens is 4. The Balaban J connectivity index is 1.77. The van der Waals surface area contributed by atoms with E-state index in [2.05, 4.69) is 34.5 Å². The topological polar surface area (TPSA) is 60.8 Å². The van der Waals surface area contributed by atoms with Crippen molar-refractivity contribution in [3.63, 3.8) is 0 Å². The molecule has 24 heavy (non-hydrogen) atoms. The van der Waals surface area contributed by atoms with Crippen molar-refractivity contribution < 1.29 is 4.74 Å². The summed E-state index contributed by atoms with van der Waals surface area (Å²) in [4.78, 5) is 0. The largest absolute Gasteiger partial charge is 0.497 e. The third-order valence-corrected chi connectivity index (χ3v) is 3.86. The highest BCUT2D eigenvalue weighted by Gasteiger charge is 2.22. The molecule has 0 aliphatic rings. The SMILES string of the molecule is COc1ccc([N+](C)(C)Cc2nnc(-c3ccccc3)nn2)cc1. The second kappa shape index (κ2) is 6.72. The highest BCUT2D eigenvalue weighted by atomic mass is 16.5. The average molecular weight is 322 g/mol. The molecule has 0 bridgehead atoms. The van der Waals surface area contributed by atoms with Crippen molar-refractivity contribution in [3.05, 3.63) is 60.4 Å². The van der Waals surface area contributed by atoms with Crippen molar-refractivity contribution in [2.24, 2.45) is 0 Å². The number of rotatable bonds is 5. The second-order valence-corrected chi connectivity index (χ2v) is 6.05. The number of hydrogen-bond donors (Lipinski definition) is 0. The quantitative estimate of drug-likeness (QED) is 0.676. The van der Waals surface area contributed by atoms with E-state index in [0.717, 1.165) is 17.0 Å². The minimum absolute atomic E-state index is 0.536. The Labute approximate surface area is 141 Å². The molecule has 0 atom stereocenters. The van der Waals surface area contributed by atoms with E-state index in [-0.39, 0.29) is 0 Å². The summed E-state index contributed by atoms with van der Waals surface area (Å²) in [7, 11) is 5.85. The first-order valence-corrected chi connectivity index (χ1v) is 7.68. The van der Waals surface area contributed by atoms with Gasteiger partial charge in [0.25, 0.3) is 0 Å². The van der Waals surface area contributed by atoms with Crippen LogP contribution in [-0.2, 0) is 6.54 Å². The summed E-state index contributed by atoms with van der Waals surface area (Å²) in [5.74, 6) is 1.98. The molecule has 0 fully saturated rings. The first-order chi connectivity index (χ1) is 11.6. The van der Waals surface area contributed by atoms with Crippen LogP contribution < -0.4 is 9.22 Å². The first kappa shape index (κ1) is 16.0. The van der Waals surface area contributed by atoms with Crippen LogP contribution in [0, 0.1) is 0 Å². The van der Waals surface area contributed by atoms with E-state index in [1.807, 2.05) is 54.6 Å². The predicted molar refractivity (Wildman–Crippen MR) is 93.4 cm³/mol. The fourth-order valence-corrected chi connectivity index (χ4v) is 2.45. The van der Waals surface area contributed by atoms with E-state index in [4.69, 9.17) is 4.74 Å². The lowest BCUT2D eigenvalue weighted by atomic mass is 10.2. The summed E-state index contributed by atoms with van der Waals surface area (Å²) in [5, 5.41) is 16.9. The zero-order valence-corrected chi connectivity index (χ0v) is 14.0.